The number of aryl methyl sites for hydroxylation is 3. The average Bonchev–Trinajstić information content (AvgIpc) is 2.43. The average molecular weight is 284 g/mol. The maximum Gasteiger partial charge on any atom is 0.244 e. The number of carbonyl (C=O) groups is 1. The van der Waals surface area contributed by atoms with Gasteiger partial charge in [0.25, 0.3) is 0 Å². The zero-order valence-corrected chi connectivity index (χ0v) is 12.5. The molecule has 0 aliphatic carbocycles. The number of anilines is 1. The third kappa shape index (κ3) is 3.16. The molecule has 0 aliphatic heterocycles. The van der Waals surface area contributed by atoms with Gasteiger partial charge in [-0.3, -0.25) is 4.79 Å². The summed E-state index contributed by atoms with van der Waals surface area (Å²) < 4.78 is 0. The number of nitrogens with one attached hydrogen (secondary N) is 1. The molecule has 2 rings (SSSR count). The van der Waals surface area contributed by atoms with Gasteiger partial charge in [-0.15, -0.1) is 0 Å². The van der Waals surface area contributed by atoms with Crippen LogP contribution in [0.3, 0.4) is 0 Å². The van der Waals surface area contributed by atoms with Crippen LogP contribution in [0.1, 0.15) is 28.3 Å². The first-order valence-corrected chi connectivity index (χ1v) is 6.81. The SMILES string of the molecule is Cc1ccccc1NC(C(N)=O)c1cc(C)c(O)c(C)c1. The van der Waals surface area contributed by atoms with Crippen LogP contribution in [-0.2, 0) is 4.79 Å². The Hall–Kier alpha value is -2.49. The Morgan fingerprint density at radius 3 is 2.19 bits per heavy atom. The molecule has 110 valence electrons. The number of phenols is 1. The second-order valence-corrected chi connectivity index (χ2v) is 5.30. The number of aromatic hydroxyl groups is 1. The quantitative estimate of drug-likeness (QED) is 0.808. The van der Waals surface area contributed by atoms with Gasteiger partial charge in [0, 0.05) is 5.69 Å². The first-order chi connectivity index (χ1) is 9.90. The summed E-state index contributed by atoms with van der Waals surface area (Å²) in [4.78, 5) is 11.8. The summed E-state index contributed by atoms with van der Waals surface area (Å²) in [6, 6.07) is 10.6. The molecule has 1 atom stereocenters. The van der Waals surface area contributed by atoms with Gasteiger partial charge in [0.15, 0.2) is 0 Å². The molecule has 4 nitrogen and oxygen atoms in total. The lowest BCUT2D eigenvalue weighted by molar-refractivity contribution is -0.118. The molecule has 4 N–H and O–H groups in total. The summed E-state index contributed by atoms with van der Waals surface area (Å²) in [5.41, 5.74) is 9.64. The third-order valence-electron chi connectivity index (χ3n) is 3.58. The van der Waals surface area contributed by atoms with Crippen LogP contribution >= 0.6 is 0 Å². The molecule has 0 fully saturated rings. The predicted octanol–water partition coefficient (Wildman–Crippen LogP) is 2.96. The molecule has 0 radical (unpaired) electrons. The number of hydrogen-bond donors (Lipinski definition) is 3. The van der Waals surface area contributed by atoms with Gasteiger partial charge in [-0.2, -0.15) is 0 Å². The van der Waals surface area contributed by atoms with E-state index in [1.54, 1.807) is 26.0 Å². The number of para-hydroxylation sites is 1. The highest BCUT2D eigenvalue weighted by atomic mass is 16.3. The van der Waals surface area contributed by atoms with Gasteiger partial charge in [0.05, 0.1) is 0 Å². The van der Waals surface area contributed by atoms with E-state index in [1.807, 2.05) is 31.2 Å². The minimum absolute atomic E-state index is 0.248. The van der Waals surface area contributed by atoms with Crippen LogP contribution in [0, 0.1) is 20.8 Å². The number of phenolic OH excluding ortho intramolecular Hbond substituents is 1. The van der Waals surface area contributed by atoms with Crippen molar-refractivity contribution in [2.24, 2.45) is 5.73 Å². The summed E-state index contributed by atoms with van der Waals surface area (Å²) >= 11 is 0. The second kappa shape index (κ2) is 5.87. The van der Waals surface area contributed by atoms with Crippen molar-refractivity contribution in [3.05, 3.63) is 58.7 Å². The van der Waals surface area contributed by atoms with Crippen LogP contribution in [0.25, 0.3) is 0 Å². The van der Waals surface area contributed by atoms with Gasteiger partial charge >= 0.3 is 0 Å². The second-order valence-electron chi connectivity index (χ2n) is 5.30. The van der Waals surface area contributed by atoms with Crippen molar-refractivity contribution in [1.82, 2.24) is 0 Å². The fourth-order valence-corrected chi connectivity index (χ4v) is 2.37. The van der Waals surface area contributed by atoms with E-state index in [2.05, 4.69) is 5.32 Å². The van der Waals surface area contributed by atoms with Crippen LogP contribution in [-0.4, -0.2) is 11.0 Å². The zero-order valence-electron chi connectivity index (χ0n) is 12.5. The molecule has 2 aromatic rings. The summed E-state index contributed by atoms with van der Waals surface area (Å²) in [7, 11) is 0. The smallest absolute Gasteiger partial charge is 0.244 e. The minimum Gasteiger partial charge on any atom is -0.507 e. The van der Waals surface area contributed by atoms with Gasteiger partial charge < -0.3 is 16.2 Å². The lowest BCUT2D eigenvalue weighted by Gasteiger charge is -2.20. The van der Waals surface area contributed by atoms with Gasteiger partial charge in [-0.05, 0) is 61.2 Å². The maximum absolute atomic E-state index is 11.8. The van der Waals surface area contributed by atoms with Crippen LogP contribution in [0.5, 0.6) is 5.75 Å². The van der Waals surface area contributed by atoms with E-state index in [4.69, 9.17) is 5.73 Å². The summed E-state index contributed by atoms with van der Waals surface area (Å²) in [6.07, 6.45) is 0. The molecule has 0 aliphatic rings. The van der Waals surface area contributed by atoms with Crippen molar-refractivity contribution in [3.63, 3.8) is 0 Å². The first kappa shape index (κ1) is 14.9. The van der Waals surface area contributed by atoms with Gasteiger partial charge in [-0.25, -0.2) is 0 Å². The highest BCUT2D eigenvalue weighted by Crippen LogP contribution is 2.28. The van der Waals surface area contributed by atoms with Crippen molar-refractivity contribution in [2.75, 3.05) is 5.32 Å². The van der Waals surface area contributed by atoms with Crippen molar-refractivity contribution >= 4 is 11.6 Å². The van der Waals surface area contributed by atoms with E-state index >= 15 is 0 Å². The lowest BCUT2D eigenvalue weighted by Crippen LogP contribution is -2.28. The standard InChI is InChI=1S/C17H20N2O2/c1-10-6-4-5-7-14(10)19-15(17(18)21)13-8-11(2)16(20)12(3)9-13/h4-9,15,19-20H,1-3H3,(H2,18,21). The van der Waals surface area contributed by atoms with Gasteiger partial charge in [-0.1, -0.05) is 18.2 Å². The molecule has 0 aromatic heterocycles. The Morgan fingerprint density at radius 1 is 1.10 bits per heavy atom. The number of carbonyl (C=O) groups excluding carboxylic acids is 1. The van der Waals surface area contributed by atoms with Gasteiger partial charge in [0.2, 0.25) is 5.91 Å². The number of benzene rings is 2. The van der Waals surface area contributed by atoms with Crippen molar-refractivity contribution in [1.29, 1.82) is 0 Å². The predicted molar refractivity (Wildman–Crippen MR) is 84.3 cm³/mol. The maximum atomic E-state index is 11.8. The fraction of sp³-hybridized carbons (Fsp3) is 0.235. The molecular formula is C17H20N2O2. The third-order valence-corrected chi connectivity index (χ3v) is 3.58. The number of amides is 1. The molecule has 0 bridgehead atoms. The summed E-state index contributed by atoms with van der Waals surface area (Å²) in [5, 5.41) is 13.0. The molecule has 2 aromatic carbocycles. The van der Waals surface area contributed by atoms with E-state index in [0.717, 1.165) is 27.9 Å². The Labute approximate surface area is 124 Å². The monoisotopic (exact) mass is 284 g/mol. The van der Waals surface area contributed by atoms with Crippen LogP contribution in [0.2, 0.25) is 0 Å². The normalized spacial score (nSPS) is 12.0. The first-order valence-electron chi connectivity index (χ1n) is 6.81. The topological polar surface area (TPSA) is 75.3 Å². The zero-order chi connectivity index (χ0) is 15.6. The largest absolute Gasteiger partial charge is 0.507 e. The van der Waals surface area contributed by atoms with Crippen molar-refractivity contribution in [2.45, 2.75) is 26.8 Å². The molecule has 1 amide bonds. The highest BCUT2D eigenvalue weighted by molar-refractivity contribution is 5.85. The minimum atomic E-state index is -0.635. The number of nitrogens with two attached hydrogens (primary N) is 1. The summed E-state index contributed by atoms with van der Waals surface area (Å²) in [6.45, 7) is 5.57. The van der Waals surface area contributed by atoms with E-state index in [0.29, 0.717) is 0 Å². The molecule has 21 heavy (non-hydrogen) atoms. The molecule has 0 heterocycles. The Morgan fingerprint density at radius 2 is 1.67 bits per heavy atom. The van der Waals surface area contributed by atoms with E-state index in [-0.39, 0.29) is 5.75 Å². The Kier molecular flexibility index (Phi) is 4.17. The van der Waals surface area contributed by atoms with Gasteiger partial charge in [0.1, 0.15) is 11.8 Å². The fourth-order valence-electron chi connectivity index (χ4n) is 2.37. The number of primary amides is 1. The molecule has 4 heteroatoms. The van der Waals surface area contributed by atoms with E-state index < -0.39 is 11.9 Å². The number of hydrogen-bond acceptors (Lipinski definition) is 3. The Balaban J connectivity index is 2.41. The number of rotatable bonds is 4. The van der Waals surface area contributed by atoms with Crippen molar-refractivity contribution < 1.29 is 9.90 Å². The molecule has 0 saturated carbocycles. The van der Waals surface area contributed by atoms with Crippen LogP contribution < -0.4 is 11.1 Å². The molecular weight excluding hydrogens is 264 g/mol. The molecule has 0 saturated heterocycles. The van der Waals surface area contributed by atoms with Crippen LogP contribution in [0.15, 0.2) is 36.4 Å². The lowest BCUT2D eigenvalue weighted by atomic mass is 9.99. The van der Waals surface area contributed by atoms with E-state index in [1.165, 1.54) is 0 Å². The summed E-state index contributed by atoms with van der Waals surface area (Å²) in [5.74, 6) is -0.208. The highest BCUT2D eigenvalue weighted by Gasteiger charge is 2.20. The van der Waals surface area contributed by atoms with Crippen molar-refractivity contribution in [3.8, 4) is 5.75 Å². The van der Waals surface area contributed by atoms with Crippen LogP contribution in [0.4, 0.5) is 5.69 Å². The van der Waals surface area contributed by atoms with E-state index in [9.17, 15) is 9.90 Å². The Bertz CT molecular complexity index is 657. The molecule has 0 spiro atoms. The molecule has 1 unspecified atom stereocenters.